The number of fused-ring (bicyclic) bond motifs is 1. The van der Waals surface area contributed by atoms with Crippen molar-refractivity contribution < 1.29 is 14.3 Å². The van der Waals surface area contributed by atoms with Crippen molar-refractivity contribution in [2.24, 2.45) is 5.73 Å². The number of nitrogens with one attached hydrogen (secondary N) is 1. The van der Waals surface area contributed by atoms with E-state index in [1.807, 2.05) is 31.2 Å². The first-order valence-corrected chi connectivity index (χ1v) is 11.7. The highest BCUT2D eigenvalue weighted by molar-refractivity contribution is 6.39. The largest absolute Gasteiger partial charge is 0.471 e. The van der Waals surface area contributed by atoms with Crippen LogP contribution in [0.5, 0.6) is 0 Å². The maximum Gasteiger partial charge on any atom is 0.337 e. The zero-order valence-electron chi connectivity index (χ0n) is 20.7. The van der Waals surface area contributed by atoms with Crippen molar-refractivity contribution in [3.05, 3.63) is 107 Å². The van der Waals surface area contributed by atoms with Gasteiger partial charge in [0.2, 0.25) is 5.91 Å². The van der Waals surface area contributed by atoms with Crippen molar-refractivity contribution in [3.63, 3.8) is 0 Å². The topological polar surface area (TPSA) is 94.3 Å². The Labute approximate surface area is 220 Å². The van der Waals surface area contributed by atoms with Crippen LogP contribution in [0.1, 0.15) is 32.6 Å². The van der Waals surface area contributed by atoms with E-state index in [1.54, 1.807) is 61.8 Å². The molecule has 0 spiro atoms. The van der Waals surface area contributed by atoms with Crippen LogP contribution in [0, 0.1) is 13.8 Å². The number of nitrogens with zero attached hydrogens (tertiary/aromatic N) is 1. The molecule has 0 aliphatic carbocycles. The van der Waals surface area contributed by atoms with Crippen LogP contribution in [0.25, 0.3) is 10.8 Å². The summed E-state index contributed by atoms with van der Waals surface area (Å²) in [5, 5.41) is 1.26. The molecule has 4 rings (SSSR count). The average Bonchev–Trinajstić information content (AvgIpc) is 2.87. The zero-order chi connectivity index (χ0) is 26.8. The van der Waals surface area contributed by atoms with E-state index < -0.39 is 22.6 Å². The van der Waals surface area contributed by atoms with Crippen molar-refractivity contribution in [2.45, 2.75) is 24.6 Å². The summed E-state index contributed by atoms with van der Waals surface area (Å²) in [5.74, 6) is -1.13. The highest BCUT2D eigenvalue weighted by Gasteiger charge is 2.34. The standard InChI is InChI=1S/C28H24B3N3O3/c1-17-3-10-24(18(2)13-17)25(35)37-28(30,31)22-7-5-21(6-8-22)27(29,16-32)26(36)34-23-9-4-20-15-33-12-11-19(20)14-23/h3-15H,16,32H2,1-2H3,(H,34,36). The number of pyridine rings is 1. The Bertz CT molecular complexity index is 1470. The van der Waals surface area contributed by atoms with Crippen LogP contribution in [0.3, 0.4) is 0 Å². The maximum absolute atomic E-state index is 13.2. The number of carbonyl (C=O) groups excluding carboxylic acids is 2. The molecule has 4 aromatic rings. The lowest BCUT2D eigenvalue weighted by molar-refractivity contribution is -0.118. The van der Waals surface area contributed by atoms with Gasteiger partial charge < -0.3 is 15.8 Å². The van der Waals surface area contributed by atoms with Crippen LogP contribution in [0.15, 0.2) is 79.1 Å². The number of ether oxygens (including phenoxy) is 1. The highest BCUT2D eigenvalue weighted by Crippen LogP contribution is 2.27. The Kier molecular flexibility index (Phi) is 7.28. The Hall–Kier alpha value is -3.84. The van der Waals surface area contributed by atoms with Gasteiger partial charge in [0.05, 0.1) is 18.8 Å². The minimum atomic E-state index is -1.91. The number of aromatic nitrogens is 1. The second-order valence-electron chi connectivity index (χ2n) is 9.15. The zero-order valence-corrected chi connectivity index (χ0v) is 20.7. The molecule has 0 fully saturated rings. The lowest BCUT2D eigenvalue weighted by Crippen LogP contribution is -2.47. The van der Waals surface area contributed by atoms with Gasteiger partial charge in [-0.3, -0.25) is 9.78 Å². The third-order valence-corrected chi connectivity index (χ3v) is 6.34. The summed E-state index contributed by atoms with van der Waals surface area (Å²) in [4.78, 5) is 30.0. The van der Waals surface area contributed by atoms with E-state index >= 15 is 0 Å². The van der Waals surface area contributed by atoms with Crippen molar-refractivity contribution in [1.82, 2.24) is 4.98 Å². The first-order valence-electron chi connectivity index (χ1n) is 11.7. The molecule has 6 nitrogen and oxygen atoms in total. The van der Waals surface area contributed by atoms with Gasteiger partial charge in [0.25, 0.3) is 0 Å². The highest BCUT2D eigenvalue weighted by atomic mass is 16.5. The van der Waals surface area contributed by atoms with Crippen molar-refractivity contribution in [2.75, 3.05) is 11.9 Å². The number of hydrogen-bond donors (Lipinski definition) is 2. The number of carbonyl (C=O) groups is 2. The van der Waals surface area contributed by atoms with E-state index in [-0.39, 0.29) is 6.54 Å². The fraction of sp³-hybridized carbons (Fsp3) is 0.179. The summed E-state index contributed by atoms with van der Waals surface area (Å²) in [6, 6.07) is 18.9. The summed E-state index contributed by atoms with van der Waals surface area (Å²) < 4.78 is 5.42. The van der Waals surface area contributed by atoms with Gasteiger partial charge in [-0.25, -0.2) is 4.79 Å². The fourth-order valence-electron chi connectivity index (χ4n) is 4.08. The molecule has 1 aromatic heterocycles. The predicted molar refractivity (Wildman–Crippen MR) is 148 cm³/mol. The first-order chi connectivity index (χ1) is 17.5. The second kappa shape index (κ2) is 10.3. The number of rotatable bonds is 7. The summed E-state index contributed by atoms with van der Waals surface area (Å²) in [5.41, 5.74) is 9.42. The van der Waals surface area contributed by atoms with Crippen LogP contribution < -0.4 is 11.1 Å². The van der Waals surface area contributed by atoms with E-state index in [2.05, 4.69) is 10.3 Å². The van der Waals surface area contributed by atoms with Gasteiger partial charge in [-0.15, -0.1) is 0 Å². The number of nitrogens with two attached hydrogens (primary N) is 1. The summed E-state index contributed by atoms with van der Waals surface area (Å²) in [7, 11) is 18.8. The number of benzene rings is 3. The smallest absolute Gasteiger partial charge is 0.337 e. The predicted octanol–water partition coefficient (Wildman–Crippen LogP) is 3.12. The van der Waals surface area contributed by atoms with E-state index in [0.717, 1.165) is 21.9 Å². The van der Waals surface area contributed by atoms with E-state index in [9.17, 15) is 9.59 Å². The molecule has 3 N–H and O–H groups in total. The third kappa shape index (κ3) is 5.47. The molecule has 1 amide bonds. The van der Waals surface area contributed by atoms with Crippen LogP contribution >= 0.6 is 0 Å². The van der Waals surface area contributed by atoms with Gasteiger partial charge in [0, 0.05) is 35.3 Å². The normalized spacial score (nSPS) is 13.1. The van der Waals surface area contributed by atoms with Crippen LogP contribution in [-0.2, 0) is 20.2 Å². The quantitative estimate of drug-likeness (QED) is 0.312. The molecular weight excluding hydrogens is 459 g/mol. The number of anilines is 1. The number of hydrogen-bond acceptors (Lipinski definition) is 5. The molecule has 3 aromatic carbocycles. The molecule has 0 saturated carbocycles. The van der Waals surface area contributed by atoms with Gasteiger partial charge in [-0.2, -0.15) is 0 Å². The Morgan fingerprint density at radius 3 is 2.30 bits per heavy atom. The average molecular weight is 483 g/mol. The number of esters is 1. The van der Waals surface area contributed by atoms with E-state index in [0.29, 0.717) is 22.4 Å². The van der Waals surface area contributed by atoms with Crippen molar-refractivity contribution in [1.29, 1.82) is 0 Å². The fourth-order valence-corrected chi connectivity index (χ4v) is 4.08. The molecule has 0 saturated heterocycles. The van der Waals surface area contributed by atoms with E-state index in [4.69, 9.17) is 34.0 Å². The van der Waals surface area contributed by atoms with Crippen LogP contribution in [-0.4, -0.2) is 46.9 Å². The van der Waals surface area contributed by atoms with Crippen molar-refractivity contribution in [3.8, 4) is 0 Å². The molecule has 1 unspecified atom stereocenters. The monoisotopic (exact) mass is 483 g/mol. The molecule has 1 heterocycles. The van der Waals surface area contributed by atoms with Crippen LogP contribution in [0.2, 0.25) is 0 Å². The lowest BCUT2D eigenvalue weighted by atomic mass is 9.59. The summed E-state index contributed by atoms with van der Waals surface area (Å²) >= 11 is 0. The summed E-state index contributed by atoms with van der Waals surface area (Å²) in [6.45, 7) is 3.58. The molecule has 0 bridgehead atoms. The minimum Gasteiger partial charge on any atom is -0.471 e. The molecule has 1 atom stereocenters. The second-order valence-corrected chi connectivity index (χ2v) is 9.15. The lowest BCUT2D eigenvalue weighted by Gasteiger charge is -2.31. The van der Waals surface area contributed by atoms with Gasteiger partial charge >= 0.3 is 5.97 Å². The molecule has 178 valence electrons. The minimum absolute atomic E-state index is 0.159. The van der Waals surface area contributed by atoms with Crippen LogP contribution in [0.4, 0.5) is 5.69 Å². The molecule has 0 aliphatic heterocycles. The summed E-state index contributed by atoms with van der Waals surface area (Å²) in [6.07, 6.45) is 3.42. The molecular formula is C28H24B3N3O3. The number of aryl methyl sites for hydroxylation is 2. The van der Waals surface area contributed by atoms with Crippen molar-refractivity contribution >= 4 is 51.9 Å². The Balaban J connectivity index is 1.52. The van der Waals surface area contributed by atoms with Gasteiger partial charge in [0.1, 0.15) is 15.7 Å². The third-order valence-electron chi connectivity index (χ3n) is 6.34. The molecule has 37 heavy (non-hydrogen) atoms. The molecule has 6 radical (unpaired) electrons. The SMILES string of the molecule is [B]C([B])(OC(=O)c1ccc(C)cc1C)c1ccc(C([B])(CN)C(=O)Nc2ccc3cnccc3c2)cc1. The maximum atomic E-state index is 13.2. The van der Waals surface area contributed by atoms with E-state index in [1.165, 1.54) is 0 Å². The number of amides is 1. The molecule has 9 heteroatoms. The Morgan fingerprint density at radius 2 is 1.62 bits per heavy atom. The van der Waals surface area contributed by atoms with Gasteiger partial charge in [-0.05, 0) is 60.2 Å². The van der Waals surface area contributed by atoms with Gasteiger partial charge in [0.15, 0.2) is 0 Å². The Morgan fingerprint density at radius 1 is 0.919 bits per heavy atom. The molecule has 0 aliphatic rings. The van der Waals surface area contributed by atoms with Gasteiger partial charge in [-0.1, -0.05) is 48.0 Å². The first kappa shape index (κ1) is 26.2.